The molecule has 0 aliphatic heterocycles. The lowest BCUT2D eigenvalue weighted by atomic mass is 9.83. The van der Waals surface area contributed by atoms with Gasteiger partial charge in [-0.05, 0) is 58.5 Å². The van der Waals surface area contributed by atoms with Gasteiger partial charge >= 0.3 is 0 Å². The summed E-state index contributed by atoms with van der Waals surface area (Å²) in [6.07, 6.45) is 4.39. The number of hydrogen-bond acceptors (Lipinski definition) is 2. The Morgan fingerprint density at radius 1 is 1.20 bits per heavy atom. The van der Waals surface area contributed by atoms with Crippen LogP contribution in [0, 0.1) is 5.92 Å². The molecule has 1 unspecified atom stereocenters. The molecule has 0 saturated heterocycles. The number of amides is 1. The van der Waals surface area contributed by atoms with Crippen LogP contribution >= 0.6 is 15.9 Å². The summed E-state index contributed by atoms with van der Waals surface area (Å²) >= 11 is 3.35. The fourth-order valence-corrected chi connectivity index (χ4v) is 2.99. The van der Waals surface area contributed by atoms with Gasteiger partial charge in [-0.2, -0.15) is 0 Å². The van der Waals surface area contributed by atoms with Gasteiger partial charge in [-0.15, -0.1) is 0 Å². The molecule has 1 aliphatic carbocycles. The maximum Gasteiger partial charge on any atom is 0.227 e. The van der Waals surface area contributed by atoms with E-state index in [4.69, 9.17) is 0 Å². The summed E-state index contributed by atoms with van der Waals surface area (Å²) < 4.78 is 0.671. The minimum absolute atomic E-state index is 0.0389. The first kappa shape index (κ1) is 13.3. The SMILES string of the molecule is O=C(Nc1cccnc1Br)C1CCc2ccccc2C1. The van der Waals surface area contributed by atoms with Crippen molar-refractivity contribution in [1.82, 2.24) is 4.98 Å². The molecule has 0 radical (unpaired) electrons. The predicted octanol–water partition coefficient (Wildman–Crippen LogP) is 3.59. The molecule has 1 amide bonds. The van der Waals surface area contributed by atoms with Gasteiger partial charge in [0.05, 0.1) is 5.69 Å². The van der Waals surface area contributed by atoms with Crippen LogP contribution in [0.15, 0.2) is 47.2 Å². The molecule has 3 rings (SSSR count). The van der Waals surface area contributed by atoms with Crippen molar-refractivity contribution < 1.29 is 4.79 Å². The quantitative estimate of drug-likeness (QED) is 0.855. The van der Waals surface area contributed by atoms with E-state index < -0.39 is 0 Å². The van der Waals surface area contributed by atoms with Gasteiger partial charge in [0.1, 0.15) is 4.60 Å². The molecule has 0 saturated carbocycles. The van der Waals surface area contributed by atoms with Gasteiger partial charge in [0.25, 0.3) is 0 Å². The summed E-state index contributed by atoms with van der Waals surface area (Å²) in [5.41, 5.74) is 3.40. The van der Waals surface area contributed by atoms with E-state index in [-0.39, 0.29) is 11.8 Å². The number of pyridine rings is 1. The van der Waals surface area contributed by atoms with E-state index >= 15 is 0 Å². The van der Waals surface area contributed by atoms with Gasteiger partial charge in [0.15, 0.2) is 0 Å². The van der Waals surface area contributed by atoms with Crippen LogP contribution in [-0.2, 0) is 17.6 Å². The molecule has 20 heavy (non-hydrogen) atoms. The van der Waals surface area contributed by atoms with Crippen LogP contribution in [0.3, 0.4) is 0 Å². The Morgan fingerprint density at radius 3 is 2.80 bits per heavy atom. The molecule has 1 aromatic heterocycles. The molecule has 1 N–H and O–H groups in total. The second-order valence-electron chi connectivity index (χ2n) is 5.04. The van der Waals surface area contributed by atoms with Crippen LogP contribution in [0.25, 0.3) is 0 Å². The Morgan fingerprint density at radius 2 is 2.00 bits per heavy atom. The van der Waals surface area contributed by atoms with Crippen molar-refractivity contribution in [3.8, 4) is 0 Å². The largest absolute Gasteiger partial charge is 0.324 e. The topological polar surface area (TPSA) is 42.0 Å². The monoisotopic (exact) mass is 330 g/mol. The average Bonchev–Trinajstić information content (AvgIpc) is 2.49. The summed E-state index contributed by atoms with van der Waals surface area (Å²) in [6.45, 7) is 0. The molecule has 102 valence electrons. The first-order valence-electron chi connectivity index (χ1n) is 6.72. The highest BCUT2D eigenvalue weighted by atomic mass is 79.9. The molecule has 0 spiro atoms. The third-order valence-corrected chi connectivity index (χ3v) is 4.37. The summed E-state index contributed by atoms with van der Waals surface area (Å²) in [6, 6.07) is 12.0. The number of aromatic nitrogens is 1. The van der Waals surface area contributed by atoms with Crippen molar-refractivity contribution in [1.29, 1.82) is 0 Å². The zero-order valence-corrected chi connectivity index (χ0v) is 12.6. The minimum Gasteiger partial charge on any atom is -0.324 e. The molecule has 0 bridgehead atoms. The maximum absolute atomic E-state index is 12.4. The van der Waals surface area contributed by atoms with E-state index in [9.17, 15) is 4.79 Å². The number of fused-ring (bicyclic) bond motifs is 1. The number of halogens is 1. The highest BCUT2D eigenvalue weighted by molar-refractivity contribution is 9.10. The van der Waals surface area contributed by atoms with Gasteiger partial charge in [-0.25, -0.2) is 4.98 Å². The molecule has 1 aromatic carbocycles. The average molecular weight is 331 g/mol. The Hall–Kier alpha value is -1.68. The number of nitrogens with one attached hydrogen (secondary N) is 1. The summed E-state index contributed by atoms with van der Waals surface area (Å²) in [5, 5.41) is 2.96. The Balaban J connectivity index is 1.72. The predicted molar refractivity (Wildman–Crippen MR) is 82.5 cm³/mol. The minimum atomic E-state index is 0.0389. The van der Waals surface area contributed by atoms with Crippen LogP contribution in [0.2, 0.25) is 0 Å². The first-order valence-corrected chi connectivity index (χ1v) is 7.51. The first-order chi connectivity index (χ1) is 9.74. The maximum atomic E-state index is 12.4. The van der Waals surface area contributed by atoms with Gasteiger partial charge in [-0.3, -0.25) is 4.79 Å². The molecule has 3 nitrogen and oxygen atoms in total. The van der Waals surface area contributed by atoms with Crippen molar-refractivity contribution in [2.24, 2.45) is 5.92 Å². The lowest BCUT2D eigenvalue weighted by molar-refractivity contribution is -0.120. The van der Waals surface area contributed by atoms with E-state index in [1.54, 1.807) is 6.20 Å². The van der Waals surface area contributed by atoms with Crippen LogP contribution in [0.5, 0.6) is 0 Å². The lowest BCUT2D eigenvalue weighted by Crippen LogP contribution is -2.28. The standard InChI is InChI=1S/C16H15BrN2O/c17-15-14(6-3-9-18-15)19-16(20)13-8-7-11-4-1-2-5-12(11)10-13/h1-6,9,13H,7-8,10H2,(H,19,20). The number of rotatable bonds is 2. The van der Waals surface area contributed by atoms with E-state index in [1.807, 2.05) is 18.2 Å². The zero-order chi connectivity index (χ0) is 13.9. The number of benzene rings is 1. The molecule has 1 atom stereocenters. The van der Waals surface area contributed by atoms with Crippen LogP contribution < -0.4 is 5.32 Å². The third-order valence-electron chi connectivity index (χ3n) is 3.73. The summed E-state index contributed by atoms with van der Waals surface area (Å²) in [5.74, 6) is 0.116. The number of anilines is 1. The van der Waals surface area contributed by atoms with Gasteiger partial charge in [-0.1, -0.05) is 24.3 Å². The van der Waals surface area contributed by atoms with Crippen molar-refractivity contribution in [3.05, 3.63) is 58.3 Å². The van der Waals surface area contributed by atoms with Crippen molar-refractivity contribution in [2.75, 3.05) is 5.32 Å². The van der Waals surface area contributed by atoms with Crippen LogP contribution in [-0.4, -0.2) is 10.9 Å². The third kappa shape index (κ3) is 2.75. The molecule has 1 heterocycles. The Bertz CT molecular complexity index is 642. The van der Waals surface area contributed by atoms with E-state index in [2.05, 4.69) is 44.4 Å². The molecule has 0 fully saturated rings. The zero-order valence-electron chi connectivity index (χ0n) is 11.0. The van der Waals surface area contributed by atoms with E-state index in [0.717, 1.165) is 24.9 Å². The van der Waals surface area contributed by atoms with Gasteiger partial charge < -0.3 is 5.32 Å². The molecule has 2 aromatic rings. The molecule has 4 heteroatoms. The van der Waals surface area contributed by atoms with Crippen LogP contribution in [0.4, 0.5) is 5.69 Å². The molecule has 1 aliphatic rings. The number of carbonyl (C=O) groups is 1. The van der Waals surface area contributed by atoms with Crippen molar-refractivity contribution in [2.45, 2.75) is 19.3 Å². The number of nitrogens with zero attached hydrogens (tertiary/aromatic N) is 1. The summed E-state index contributed by atoms with van der Waals surface area (Å²) in [7, 11) is 0. The fourth-order valence-electron chi connectivity index (χ4n) is 2.64. The van der Waals surface area contributed by atoms with E-state index in [0.29, 0.717) is 4.60 Å². The Labute approximate surface area is 126 Å². The van der Waals surface area contributed by atoms with Crippen molar-refractivity contribution >= 4 is 27.5 Å². The number of aryl methyl sites for hydroxylation is 1. The molecular formula is C16H15BrN2O. The van der Waals surface area contributed by atoms with Gasteiger partial charge in [0, 0.05) is 12.1 Å². The van der Waals surface area contributed by atoms with Crippen molar-refractivity contribution in [3.63, 3.8) is 0 Å². The van der Waals surface area contributed by atoms with Crippen LogP contribution in [0.1, 0.15) is 17.5 Å². The number of hydrogen-bond donors (Lipinski definition) is 1. The summed E-state index contributed by atoms with van der Waals surface area (Å²) in [4.78, 5) is 16.5. The smallest absolute Gasteiger partial charge is 0.227 e. The Kier molecular flexibility index (Phi) is 3.83. The normalized spacial score (nSPS) is 17.4. The second-order valence-corrected chi connectivity index (χ2v) is 5.79. The van der Waals surface area contributed by atoms with E-state index in [1.165, 1.54) is 11.1 Å². The highest BCUT2D eigenvalue weighted by Gasteiger charge is 2.24. The fraction of sp³-hybridized carbons (Fsp3) is 0.250. The lowest BCUT2D eigenvalue weighted by Gasteiger charge is -2.23. The molecular weight excluding hydrogens is 316 g/mol. The second kappa shape index (κ2) is 5.75. The van der Waals surface area contributed by atoms with Gasteiger partial charge in [0.2, 0.25) is 5.91 Å². The highest BCUT2D eigenvalue weighted by Crippen LogP contribution is 2.27. The number of carbonyl (C=O) groups excluding carboxylic acids is 1.